The van der Waals surface area contributed by atoms with Gasteiger partial charge in [0.2, 0.25) is 17.7 Å². The third-order valence-corrected chi connectivity index (χ3v) is 5.99. The van der Waals surface area contributed by atoms with Crippen molar-refractivity contribution in [2.24, 2.45) is 0 Å². The molecule has 9 heteroatoms. The van der Waals surface area contributed by atoms with E-state index >= 15 is 0 Å². The minimum atomic E-state index is -0.372. The molecule has 1 unspecified atom stereocenters. The van der Waals surface area contributed by atoms with Crippen LogP contribution < -0.4 is 19.7 Å². The number of imide groups is 1. The van der Waals surface area contributed by atoms with E-state index in [0.29, 0.717) is 31.4 Å². The number of benzene rings is 2. The van der Waals surface area contributed by atoms with Gasteiger partial charge in [-0.15, -0.1) is 0 Å². The third-order valence-electron chi connectivity index (χ3n) is 5.01. The van der Waals surface area contributed by atoms with Crippen LogP contribution in [0.25, 0.3) is 0 Å². The van der Waals surface area contributed by atoms with Crippen molar-refractivity contribution in [1.29, 1.82) is 0 Å². The van der Waals surface area contributed by atoms with Gasteiger partial charge in [0.15, 0.2) is 0 Å². The molecule has 2 aromatic carbocycles. The number of thioether (sulfide) groups is 1. The third kappa shape index (κ3) is 6.23. The van der Waals surface area contributed by atoms with Gasteiger partial charge in [-0.25, -0.2) is 4.98 Å². The van der Waals surface area contributed by atoms with Gasteiger partial charge in [-0.2, -0.15) is 4.98 Å². The summed E-state index contributed by atoms with van der Waals surface area (Å²) in [6.45, 7) is 3.05. The van der Waals surface area contributed by atoms with Crippen LogP contribution in [0.15, 0.2) is 60.8 Å². The smallest absolute Gasteiger partial charge is 0.286 e. The highest BCUT2D eigenvalue weighted by Crippen LogP contribution is 2.24. The molecule has 0 radical (unpaired) electrons. The molecular weight excluding hydrogens is 440 g/mol. The van der Waals surface area contributed by atoms with Crippen molar-refractivity contribution >= 4 is 28.9 Å². The van der Waals surface area contributed by atoms with Crippen molar-refractivity contribution in [3.8, 4) is 17.4 Å². The van der Waals surface area contributed by atoms with Crippen LogP contribution in [0.1, 0.15) is 11.1 Å². The molecular formula is C24H24N4O4S. The van der Waals surface area contributed by atoms with Gasteiger partial charge in [0.25, 0.3) is 5.24 Å². The first kappa shape index (κ1) is 22.6. The van der Waals surface area contributed by atoms with Crippen molar-refractivity contribution in [3.05, 3.63) is 71.9 Å². The largest absolute Gasteiger partial charge is 0.492 e. The monoisotopic (exact) mass is 464 g/mol. The molecule has 1 atom stereocenters. The van der Waals surface area contributed by atoms with Gasteiger partial charge >= 0.3 is 0 Å². The van der Waals surface area contributed by atoms with Crippen molar-refractivity contribution in [2.45, 2.75) is 18.6 Å². The number of hydrogen-bond acceptors (Lipinski definition) is 8. The zero-order chi connectivity index (χ0) is 23.2. The van der Waals surface area contributed by atoms with Crippen LogP contribution in [0.3, 0.4) is 0 Å². The van der Waals surface area contributed by atoms with E-state index in [1.165, 1.54) is 0 Å². The van der Waals surface area contributed by atoms with E-state index in [1.807, 2.05) is 67.4 Å². The summed E-state index contributed by atoms with van der Waals surface area (Å²) in [6, 6.07) is 17.0. The predicted octanol–water partition coefficient (Wildman–Crippen LogP) is 3.99. The van der Waals surface area contributed by atoms with E-state index < -0.39 is 0 Å². The van der Waals surface area contributed by atoms with Gasteiger partial charge in [0, 0.05) is 19.3 Å². The molecule has 1 aliphatic heterocycles. The zero-order valence-corrected chi connectivity index (χ0v) is 19.2. The number of amides is 2. The summed E-state index contributed by atoms with van der Waals surface area (Å²) in [4.78, 5) is 33.7. The molecule has 0 spiro atoms. The maximum atomic E-state index is 11.7. The fourth-order valence-electron chi connectivity index (χ4n) is 3.16. The minimum Gasteiger partial charge on any atom is -0.492 e. The zero-order valence-electron chi connectivity index (χ0n) is 18.4. The molecule has 33 heavy (non-hydrogen) atoms. The SMILES string of the molecule is Cc1ccc(Oc2ccnc(N(C)CCOc3ccc(CC4SC(=O)NC4=O)cc3)n2)cc1. The Bertz CT molecular complexity index is 1120. The summed E-state index contributed by atoms with van der Waals surface area (Å²) in [5.41, 5.74) is 2.14. The fourth-order valence-corrected chi connectivity index (χ4v) is 4.02. The van der Waals surface area contributed by atoms with Crippen molar-refractivity contribution < 1.29 is 19.1 Å². The quantitative estimate of drug-likeness (QED) is 0.508. The predicted molar refractivity (Wildman–Crippen MR) is 127 cm³/mol. The number of aryl methyl sites for hydroxylation is 1. The van der Waals surface area contributed by atoms with E-state index in [9.17, 15) is 9.59 Å². The second-order valence-electron chi connectivity index (χ2n) is 7.61. The van der Waals surface area contributed by atoms with Crippen LogP contribution in [-0.2, 0) is 11.2 Å². The normalized spacial score (nSPS) is 15.3. The lowest BCUT2D eigenvalue weighted by Gasteiger charge is -2.18. The van der Waals surface area contributed by atoms with Gasteiger partial charge in [-0.3, -0.25) is 14.9 Å². The first-order valence-corrected chi connectivity index (χ1v) is 11.4. The van der Waals surface area contributed by atoms with E-state index in [-0.39, 0.29) is 16.4 Å². The Hall–Kier alpha value is -3.59. The van der Waals surface area contributed by atoms with Gasteiger partial charge in [-0.1, -0.05) is 41.6 Å². The summed E-state index contributed by atoms with van der Waals surface area (Å²) in [6.07, 6.45) is 2.17. The number of carbonyl (C=O) groups excluding carboxylic acids is 2. The number of hydrogen-bond donors (Lipinski definition) is 1. The molecule has 1 aromatic heterocycles. The van der Waals surface area contributed by atoms with Crippen LogP contribution in [0.4, 0.5) is 10.7 Å². The Morgan fingerprint density at radius 1 is 1.03 bits per heavy atom. The second-order valence-corrected chi connectivity index (χ2v) is 8.79. The van der Waals surface area contributed by atoms with Crippen LogP contribution in [0, 0.1) is 6.92 Å². The molecule has 0 saturated carbocycles. The maximum absolute atomic E-state index is 11.7. The number of likely N-dealkylation sites (N-methyl/N-ethyl adjacent to an activating group) is 1. The number of carbonyl (C=O) groups is 2. The molecule has 0 aliphatic carbocycles. The topological polar surface area (TPSA) is 93.7 Å². The number of rotatable bonds is 9. The molecule has 8 nitrogen and oxygen atoms in total. The van der Waals surface area contributed by atoms with E-state index in [1.54, 1.807) is 12.3 Å². The summed E-state index contributed by atoms with van der Waals surface area (Å²) in [7, 11) is 1.89. The first-order valence-electron chi connectivity index (χ1n) is 10.5. The average molecular weight is 465 g/mol. The van der Waals surface area contributed by atoms with Crippen LogP contribution >= 0.6 is 11.8 Å². The fraction of sp³-hybridized carbons (Fsp3) is 0.250. The molecule has 1 saturated heterocycles. The molecule has 1 aliphatic rings. The lowest BCUT2D eigenvalue weighted by Crippen LogP contribution is -2.25. The Balaban J connectivity index is 1.26. The van der Waals surface area contributed by atoms with Crippen molar-refractivity contribution in [2.75, 3.05) is 25.1 Å². The lowest BCUT2D eigenvalue weighted by molar-refractivity contribution is -0.118. The van der Waals surface area contributed by atoms with E-state index in [4.69, 9.17) is 9.47 Å². The Morgan fingerprint density at radius 2 is 1.76 bits per heavy atom. The number of anilines is 1. The van der Waals surface area contributed by atoms with Crippen LogP contribution in [0.2, 0.25) is 0 Å². The molecule has 2 heterocycles. The standard InChI is InChI=1S/C24H24N4O4S/c1-16-3-7-19(8-4-16)32-21-11-12-25-23(26-21)28(2)13-14-31-18-9-5-17(6-10-18)15-20-22(29)27-24(30)33-20/h3-12,20H,13-15H2,1-2H3,(H,27,29,30). The average Bonchev–Trinajstić information content (AvgIpc) is 3.13. The molecule has 170 valence electrons. The van der Waals surface area contributed by atoms with Crippen molar-refractivity contribution in [3.63, 3.8) is 0 Å². The van der Waals surface area contributed by atoms with Gasteiger partial charge < -0.3 is 14.4 Å². The van der Waals surface area contributed by atoms with Gasteiger partial charge in [0.05, 0.1) is 11.8 Å². The number of aromatic nitrogens is 2. The Morgan fingerprint density at radius 3 is 2.45 bits per heavy atom. The first-order chi connectivity index (χ1) is 16.0. The minimum absolute atomic E-state index is 0.232. The number of nitrogens with zero attached hydrogens (tertiary/aromatic N) is 3. The highest BCUT2D eigenvalue weighted by molar-refractivity contribution is 8.15. The maximum Gasteiger partial charge on any atom is 0.286 e. The summed E-state index contributed by atoms with van der Waals surface area (Å²) < 4.78 is 11.6. The highest BCUT2D eigenvalue weighted by atomic mass is 32.2. The molecule has 4 rings (SSSR count). The van der Waals surface area contributed by atoms with Crippen molar-refractivity contribution in [1.82, 2.24) is 15.3 Å². The van der Waals surface area contributed by atoms with Crippen LogP contribution in [0.5, 0.6) is 17.4 Å². The molecule has 3 aromatic rings. The Kier molecular flexibility index (Phi) is 7.09. The summed E-state index contributed by atoms with van der Waals surface area (Å²) >= 11 is 1.03. The molecule has 1 fully saturated rings. The molecule has 0 bridgehead atoms. The summed E-state index contributed by atoms with van der Waals surface area (Å²) in [5.74, 6) is 2.23. The van der Waals surface area contributed by atoms with E-state index in [0.717, 1.165) is 34.4 Å². The number of nitrogens with one attached hydrogen (secondary N) is 1. The molecule has 2 amide bonds. The molecule has 1 N–H and O–H groups in total. The van der Waals surface area contributed by atoms with Gasteiger partial charge in [0.1, 0.15) is 18.1 Å². The van der Waals surface area contributed by atoms with E-state index in [2.05, 4.69) is 15.3 Å². The number of ether oxygens (including phenoxy) is 2. The summed E-state index contributed by atoms with van der Waals surface area (Å²) in [5, 5.41) is 1.65. The Labute approximate surface area is 196 Å². The van der Waals surface area contributed by atoms with Gasteiger partial charge in [-0.05, 0) is 43.2 Å². The lowest BCUT2D eigenvalue weighted by atomic mass is 10.1. The second kappa shape index (κ2) is 10.4. The highest BCUT2D eigenvalue weighted by Gasteiger charge is 2.31. The van der Waals surface area contributed by atoms with Crippen LogP contribution in [-0.4, -0.2) is 46.6 Å².